The van der Waals surface area contributed by atoms with Crippen molar-refractivity contribution >= 4 is 29.1 Å². The highest BCUT2D eigenvalue weighted by atomic mass is 35.5. The molecule has 2 aromatic rings. The lowest BCUT2D eigenvalue weighted by molar-refractivity contribution is -0.385. The number of nitrogens with zero attached hydrogens (tertiary/aromatic N) is 4. The van der Waals surface area contributed by atoms with Crippen LogP contribution in [-0.4, -0.2) is 19.9 Å². The van der Waals surface area contributed by atoms with Crippen molar-refractivity contribution in [1.82, 2.24) is 15.0 Å². The average molecular weight is 283 g/mol. The number of aryl methyl sites for hydroxylation is 1. The molecule has 0 unspecified atom stereocenters. The van der Waals surface area contributed by atoms with Crippen LogP contribution in [0.15, 0.2) is 34.7 Å². The standard InChI is InChI=1S/C10H7ClN4O2S/c1-6-4-12-10(13-5-6)18-9-3-7(15(16)17)2-8(11)14-9/h2-5H,1H3. The Morgan fingerprint density at radius 3 is 2.61 bits per heavy atom. The third-order valence-electron chi connectivity index (χ3n) is 1.92. The van der Waals surface area contributed by atoms with Crippen molar-refractivity contribution in [3.8, 4) is 0 Å². The monoisotopic (exact) mass is 282 g/mol. The smallest absolute Gasteiger partial charge is 0.258 e. The first-order valence-electron chi connectivity index (χ1n) is 4.83. The molecule has 0 fully saturated rings. The lowest BCUT2D eigenvalue weighted by atomic mass is 10.4. The maximum absolute atomic E-state index is 10.7. The van der Waals surface area contributed by atoms with Gasteiger partial charge in [0.05, 0.1) is 11.0 Å². The van der Waals surface area contributed by atoms with Gasteiger partial charge in [-0.05, 0) is 24.2 Å². The predicted octanol–water partition coefficient (Wildman–Crippen LogP) is 2.89. The van der Waals surface area contributed by atoms with Gasteiger partial charge in [-0.1, -0.05) is 11.6 Å². The van der Waals surface area contributed by atoms with E-state index in [2.05, 4.69) is 15.0 Å². The van der Waals surface area contributed by atoms with Gasteiger partial charge in [-0.3, -0.25) is 10.1 Å². The Kier molecular flexibility index (Phi) is 3.73. The van der Waals surface area contributed by atoms with Crippen LogP contribution in [-0.2, 0) is 0 Å². The number of halogens is 1. The molecule has 0 aliphatic heterocycles. The van der Waals surface area contributed by atoms with Gasteiger partial charge in [0.2, 0.25) is 0 Å². The molecule has 0 spiro atoms. The maximum Gasteiger partial charge on any atom is 0.275 e. The molecule has 0 radical (unpaired) electrons. The summed E-state index contributed by atoms with van der Waals surface area (Å²) in [7, 11) is 0. The van der Waals surface area contributed by atoms with Crippen molar-refractivity contribution < 1.29 is 4.92 Å². The number of aromatic nitrogens is 3. The van der Waals surface area contributed by atoms with Crippen LogP contribution in [0.2, 0.25) is 5.15 Å². The van der Waals surface area contributed by atoms with Crippen LogP contribution in [0.5, 0.6) is 0 Å². The summed E-state index contributed by atoms with van der Waals surface area (Å²) in [4.78, 5) is 22.3. The Morgan fingerprint density at radius 2 is 2.00 bits per heavy atom. The zero-order valence-corrected chi connectivity index (χ0v) is 10.8. The summed E-state index contributed by atoms with van der Waals surface area (Å²) in [6.45, 7) is 1.87. The van der Waals surface area contributed by atoms with E-state index in [-0.39, 0.29) is 10.8 Å². The largest absolute Gasteiger partial charge is 0.275 e. The second kappa shape index (κ2) is 5.28. The zero-order chi connectivity index (χ0) is 13.1. The molecule has 6 nitrogen and oxygen atoms in total. The van der Waals surface area contributed by atoms with Gasteiger partial charge < -0.3 is 0 Å². The molecule has 92 valence electrons. The van der Waals surface area contributed by atoms with Gasteiger partial charge in [-0.2, -0.15) is 0 Å². The van der Waals surface area contributed by atoms with E-state index in [4.69, 9.17) is 11.6 Å². The number of rotatable bonds is 3. The molecule has 0 aliphatic rings. The van der Waals surface area contributed by atoms with Crippen LogP contribution in [0.1, 0.15) is 5.56 Å². The van der Waals surface area contributed by atoms with Crippen molar-refractivity contribution in [2.24, 2.45) is 0 Å². The summed E-state index contributed by atoms with van der Waals surface area (Å²) in [5, 5.41) is 11.6. The van der Waals surface area contributed by atoms with Crippen LogP contribution >= 0.6 is 23.4 Å². The van der Waals surface area contributed by atoms with Crippen molar-refractivity contribution in [2.45, 2.75) is 17.1 Å². The third kappa shape index (κ3) is 3.14. The van der Waals surface area contributed by atoms with E-state index in [1.807, 2.05) is 6.92 Å². The molecule has 8 heteroatoms. The first kappa shape index (κ1) is 12.7. The Labute approximate surface area is 112 Å². The van der Waals surface area contributed by atoms with Gasteiger partial charge in [0.1, 0.15) is 10.2 Å². The fraction of sp³-hybridized carbons (Fsp3) is 0.100. The SMILES string of the molecule is Cc1cnc(Sc2cc([N+](=O)[O-])cc(Cl)n2)nc1. The molecule has 0 saturated carbocycles. The van der Waals surface area contributed by atoms with Crippen molar-refractivity contribution in [3.05, 3.63) is 45.4 Å². The summed E-state index contributed by atoms with van der Waals surface area (Å²) in [5.74, 6) is 0. The maximum atomic E-state index is 10.7. The van der Waals surface area contributed by atoms with E-state index >= 15 is 0 Å². The Morgan fingerprint density at radius 1 is 1.33 bits per heavy atom. The highest BCUT2D eigenvalue weighted by Gasteiger charge is 2.12. The molecule has 0 atom stereocenters. The number of hydrogen-bond donors (Lipinski definition) is 0. The fourth-order valence-electron chi connectivity index (χ4n) is 1.14. The lowest BCUT2D eigenvalue weighted by Crippen LogP contribution is -1.92. The van der Waals surface area contributed by atoms with Crippen molar-refractivity contribution in [1.29, 1.82) is 0 Å². The summed E-state index contributed by atoms with van der Waals surface area (Å²) >= 11 is 6.84. The Bertz CT molecular complexity index is 591. The number of pyridine rings is 1. The van der Waals surface area contributed by atoms with Gasteiger partial charge >= 0.3 is 0 Å². The quantitative estimate of drug-likeness (QED) is 0.373. The van der Waals surface area contributed by atoms with Crippen LogP contribution in [0.4, 0.5) is 5.69 Å². The van der Waals surface area contributed by atoms with Gasteiger partial charge in [0.25, 0.3) is 5.69 Å². The highest BCUT2D eigenvalue weighted by molar-refractivity contribution is 7.99. The minimum absolute atomic E-state index is 0.0683. The summed E-state index contributed by atoms with van der Waals surface area (Å²) in [6.07, 6.45) is 3.32. The van der Waals surface area contributed by atoms with Crippen molar-refractivity contribution in [3.63, 3.8) is 0 Å². The van der Waals surface area contributed by atoms with E-state index in [9.17, 15) is 10.1 Å². The van der Waals surface area contributed by atoms with E-state index in [0.29, 0.717) is 10.2 Å². The van der Waals surface area contributed by atoms with E-state index in [0.717, 1.165) is 17.3 Å². The van der Waals surface area contributed by atoms with Crippen LogP contribution in [0.25, 0.3) is 0 Å². The molecule has 2 rings (SSSR count). The summed E-state index contributed by atoms with van der Waals surface area (Å²) < 4.78 is 0. The minimum atomic E-state index is -0.520. The van der Waals surface area contributed by atoms with Gasteiger partial charge in [-0.25, -0.2) is 15.0 Å². The Balaban J connectivity index is 2.28. The zero-order valence-electron chi connectivity index (χ0n) is 9.20. The van der Waals surface area contributed by atoms with Gasteiger partial charge in [0, 0.05) is 18.5 Å². The third-order valence-corrected chi connectivity index (χ3v) is 2.92. The van der Waals surface area contributed by atoms with Crippen LogP contribution in [0.3, 0.4) is 0 Å². The van der Waals surface area contributed by atoms with Crippen LogP contribution < -0.4 is 0 Å². The lowest BCUT2D eigenvalue weighted by Gasteiger charge is -2.00. The van der Waals surface area contributed by atoms with Gasteiger partial charge in [0.15, 0.2) is 5.16 Å². The molecule has 0 saturated heterocycles. The van der Waals surface area contributed by atoms with Crippen molar-refractivity contribution in [2.75, 3.05) is 0 Å². The predicted molar refractivity (Wildman–Crippen MR) is 66.8 cm³/mol. The molecule has 0 amide bonds. The van der Waals surface area contributed by atoms with E-state index in [1.54, 1.807) is 12.4 Å². The minimum Gasteiger partial charge on any atom is -0.258 e. The highest BCUT2D eigenvalue weighted by Crippen LogP contribution is 2.27. The topological polar surface area (TPSA) is 81.8 Å². The Hall–Kier alpha value is -1.73. The van der Waals surface area contributed by atoms with Crippen LogP contribution in [0, 0.1) is 17.0 Å². The molecule has 0 bridgehead atoms. The van der Waals surface area contributed by atoms with Gasteiger partial charge in [-0.15, -0.1) is 0 Å². The number of nitro groups is 1. The van der Waals surface area contributed by atoms with E-state index in [1.165, 1.54) is 12.1 Å². The number of hydrogen-bond acceptors (Lipinski definition) is 6. The fourth-order valence-corrected chi connectivity index (χ4v) is 2.12. The molecule has 18 heavy (non-hydrogen) atoms. The summed E-state index contributed by atoms with van der Waals surface area (Å²) in [6, 6.07) is 2.53. The molecular weight excluding hydrogens is 276 g/mol. The first-order valence-corrected chi connectivity index (χ1v) is 6.02. The first-order chi connectivity index (χ1) is 8.54. The molecule has 2 heterocycles. The molecular formula is C10H7ClN4O2S. The average Bonchev–Trinajstić information content (AvgIpc) is 2.31. The second-order valence-corrected chi connectivity index (χ2v) is 4.76. The molecule has 0 aliphatic carbocycles. The summed E-state index contributed by atoms with van der Waals surface area (Å²) in [5.41, 5.74) is 0.828. The van der Waals surface area contributed by atoms with E-state index < -0.39 is 4.92 Å². The molecule has 0 aromatic carbocycles. The molecule has 2 aromatic heterocycles. The molecule has 0 N–H and O–H groups in total. The normalized spacial score (nSPS) is 10.3. The second-order valence-electron chi connectivity index (χ2n) is 3.39.